The summed E-state index contributed by atoms with van der Waals surface area (Å²) in [5, 5.41) is 3.61. The van der Waals surface area contributed by atoms with Gasteiger partial charge in [-0.3, -0.25) is 0 Å². The van der Waals surface area contributed by atoms with Crippen LogP contribution in [0.4, 0.5) is 4.39 Å². The van der Waals surface area contributed by atoms with Crippen molar-refractivity contribution in [3.8, 4) is 0 Å². The maximum Gasteiger partial charge on any atom is 0.123 e. The fourth-order valence-corrected chi connectivity index (χ4v) is 3.31. The van der Waals surface area contributed by atoms with E-state index in [0.717, 1.165) is 18.5 Å². The van der Waals surface area contributed by atoms with Crippen LogP contribution >= 0.6 is 0 Å². The molecule has 0 aromatic heterocycles. The van der Waals surface area contributed by atoms with Gasteiger partial charge in [-0.15, -0.1) is 0 Å². The number of nitrogens with one attached hydrogen (secondary N) is 1. The molecule has 0 fully saturated rings. The van der Waals surface area contributed by atoms with Crippen LogP contribution in [0.1, 0.15) is 37.7 Å². The molecule has 1 N–H and O–H groups in total. The maximum absolute atomic E-state index is 13.2. The first-order chi connectivity index (χ1) is 8.83. The van der Waals surface area contributed by atoms with Gasteiger partial charge in [0.15, 0.2) is 0 Å². The quantitative estimate of drug-likeness (QED) is 0.785. The Morgan fingerprint density at radius 1 is 1.17 bits per heavy atom. The predicted molar refractivity (Wildman–Crippen MR) is 72.0 cm³/mol. The van der Waals surface area contributed by atoms with Crippen LogP contribution in [0, 0.1) is 5.82 Å². The van der Waals surface area contributed by atoms with E-state index in [1.54, 1.807) is 17.2 Å². The Morgan fingerprint density at radius 2 is 2.06 bits per heavy atom. The van der Waals surface area contributed by atoms with Gasteiger partial charge >= 0.3 is 0 Å². The van der Waals surface area contributed by atoms with Crippen LogP contribution in [0.3, 0.4) is 0 Å². The summed E-state index contributed by atoms with van der Waals surface area (Å²) in [7, 11) is 0. The van der Waals surface area contributed by atoms with Crippen molar-refractivity contribution in [1.82, 2.24) is 5.32 Å². The SMILES string of the molecule is Fc1cccc(C[C@@H]2NCCC3=C2CCCC3)c1. The molecule has 1 atom stereocenters. The molecule has 0 spiro atoms. The average molecular weight is 245 g/mol. The molecule has 0 saturated carbocycles. The number of halogens is 1. The molecule has 0 unspecified atom stereocenters. The van der Waals surface area contributed by atoms with Gasteiger partial charge in [0.1, 0.15) is 5.82 Å². The van der Waals surface area contributed by atoms with Crippen molar-refractivity contribution < 1.29 is 4.39 Å². The van der Waals surface area contributed by atoms with Crippen molar-refractivity contribution in [2.75, 3.05) is 6.54 Å². The van der Waals surface area contributed by atoms with Gasteiger partial charge in [0, 0.05) is 6.04 Å². The van der Waals surface area contributed by atoms with Gasteiger partial charge in [-0.25, -0.2) is 4.39 Å². The molecule has 3 rings (SSSR count). The molecule has 0 radical (unpaired) electrons. The Labute approximate surface area is 108 Å². The second-order valence-corrected chi connectivity index (χ2v) is 5.43. The summed E-state index contributed by atoms with van der Waals surface area (Å²) < 4.78 is 13.2. The molecule has 96 valence electrons. The Morgan fingerprint density at radius 3 is 2.94 bits per heavy atom. The van der Waals surface area contributed by atoms with Gasteiger partial charge in [-0.05, 0) is 62.8 Å². The third-order valence-electron chi connectivity index (χ3n) is 4.20. The normalized spacial score (nSPS) is 23.9. The zero-order valence-corrected chi connectivity index (χ0v) is 10.7. The fraction of sp³-hybridized carbons (Fsp3) is 0.500. The van der Waals surface area contributed by atoms with E-state index in [1.165, 1.54) is 38.2 Å². The second kappa shape index (κ2) is 5.23. The molecule has 1 aromatic carbocycles. The largest absolute Gasteiger partial charge is 0.310 e. The van der Waals surface area contributed by atoms with Crippen LogP contribution in [0.5, 0.6) is 0 Å². The number of benzene rings is 1. The lowest BCUT2D eigenvalue weighted by Gasteiger charge is -2.33. The highest BCUT2D eigenvalue weighted by Crippen LogP contribution is 2.32. The van der Waals surface area contributed by atoms with Gasteiger partial charge < -0.3 is 5.32 Å². The van der Waals surface area contributed by atoms with Gasteiger partial charge in [0.2, 0.25) is 0 Å². The monoisotopic (exact) mass is 245 g/mol. The van der Waals surface area contributed by atoms with Gasteiger partial charge in [-0.2, -0.15) is 0 Å². The van der Waals surface area contributed by atoms with Crippen LogP contribution in [-0.2, 0) is 6.42 Å². The summed E-state index contributed by atoms with van der Waals surface area (Å²) in [5.41, 5.74) is 4.41. The molecule has 1 heterocycles. The summed E-state index contributed by atoms with van der Waals surface area (Å²) in [6.07, 6.45) is 7.34. The lowest BCUT2D eigenvalue weighted by atomic mass is 9.81. The van der Waals surface area contributed by atoms with Gasteiger partial charge in [-0.1, -0.05) is 23.3 Å². The standard InChI is InChI=1S/C16H20FN/c17-14-6-3-4-12(10-14)11-16-15-7-2-1-5-13(15)8-9-18-16/h3-4,6,10,16,18H,1-2,5,7-9,11H2/t16-/m0/s1. The van der Waals surface area contributed by atoms with Gasteiger partial charge in [0.25, 0.3) is 0 Å². The number of hydrogen-bond acceptors (Lipinski definition) is 1. The van der Waals surface area contributed by atoms with Crippen molar-refractivity contribution >= 4 is 0 Å². The molecule has 1 aliphatic heterocycles. The lowest BCUT2D eigenvalue weighted by Crippen LogP contribution is -2.39. The van der Waals surface area contributed by atoms with Crippen molar-refractivity contribution in [2.24, 2.45) is 0 Å². The predicted octanol–water partition coefficient (Wildman–Crippen LogP) is 3.60. The zero-order chi connectivity index (χ0) is 12.4. The minimum absolute atomic E-state index is 0.124. The molecule has 0 bridgehead atoms. The third-order valence-corrected chi connectivity index (χ3v) is 4.20. The Kier molecular flexibility index (Phi) is 3.46. The molecule has 2 aliphatic rings. The Bertz CT molecular complexity index is 460. The van der Waals surface area contributed by atoms with E-state index in [-0.39, 0.29) is 5.82 Å². The summed E-state index contributed by atoms with van der Waals surface area (Å²) >= 11 is 0. The van der Waals surface area contributed by atoms with Crippen LogP contribution in [0.15, 0.2) is 35.4 Å². The van der Waals surface area contributed by atoms with E-state index in [2.05, 4.69) is 5.32 Å². The Hall–Kier alpha value is -1.15. The topological polar surface area (TPSA) is 12.0 Å². The van der Waals surface area contributed by atoms with E-state index >= 15 is 0 Å². The van der Waals surface area contributed by atoms with Crippen molar-refractivity contribution in [2.45, 2.75) is 44.6 Å². The highest BCUT2D eigenvalue weighted by atomic mass is 19.1. The molecule has 1 aromatic rings. The van der Waals surface area contributed by atoms with E-state index in [0.29, 0.717) is 6.04 Å². The average Bonchev–Trinajstić information content (AvgIpc) is 2.39. The number of rotatable bonds is 2. The van der Waals surface area contributed by atoms with E-state index < -0.39 is 0 Å². The lowest BCUT2D eigenvalue weighted by molar-refractivity contribution is 0.474. The molecule has 1 aliphatic carbocycles. The molecular formula is C16H20FN. The highest BCUT2D eigenvalue weighted by Gasteiger charge is 2.24. The minimum atomic E-state index is -0.124. The summed E-state index contributed by atoms with van der Waals surface area (Å²) in [5.74, 6) is -0.124. The summed E-state index contributed by atoms with van der Waals surface area (Å²) in [6.45, 7) is 1.08. The zero-order valence-electron chi connectivity index (χ0n) is 10.7. The first kappa shape index (κ1) is 11.9. The van der Waals surface area contributed by atoms with Crippen LogP contribution in [0.2, 0.25) is 0 Å². The van der Waals surface area contributed by atoms with E-state index in [1.807, 2.05) is 12.1 Å². The van der Waals surface area contributed by atoms with Crippen LogP contribution in [-0.4, -0.2) is 12.6 Å². The molecule has 0 saturated heterocycles. The first-order valence-electron chi connectivity index (χ1n) is 7.01. The van der Waals surface area contributed by atoms with Crippen LogP contribution < -0.4 is 5.32 Å². The molecular weight excluding hydrogens is 225 g/mol. The molecule has 18 heavy (non-hydrogen) atoms. The van der Waals surface area contributed by atoms with E-state index in [9.17, 15) is 4.39 Å². The highest BCUT2D eigenvalue weighted by molar-refractivity contribution is 5.29. The molecule has 0 amide bonds. The summed E-state index contributed by atoms with van der Waals surface area (Å²) in [4.78, 5) is 0. The molecule has 1 nitrogen and oxygen atoms in total. The third kappa shape index (κ3) is 2.49. The van der Waals surface area contributed by atoms with Crippen molar-refractivity contribution in [1.29, 1.82) is 0 Å². The van der Waals surface area contributed by atoms with Crippen molar-refractivity contribution in [3.05, 3.63) is 46.8 Å². The summed E-state index contributed by atoms with van der Waals surface area (Å²) in [6, 6.07) is 7.46. The molecule has 2 heteroatoms. The van der Waals surface area contributed by atoms with Crippen LogP contribution in [0.25, 0.3) is 0 Å². The fourth-order valence-electron chi connectivity index (χ4n) is 3.31. The minimum Gasteiger partial charge on any atom is -0.310 e. The van der Waals surface area contributed by atoms with Gasteiger partial charge in [0.05, 0.1) is 0 Å². The van der Waals surface area contributed by atoms with Crippen molar-refractivity contribution in [3.63, 3.8) is 0 Å². The smallest absolute Gasteiger partial charge is 0.123 e. The first-order valence-corrected chi connectivity index (χ1v) is 7.01. The van der Waals surface area contributed by atoms with E-state index in [4.69, 9.17) is 0 Å². The number of hydrogen-bond donors (Lipinski definition) is 1. The maximum atomic E-state index is 13.2. The Balaban J connectivity index is 1.79. The second-order valence-electron chi connectivity index (χ2n) is 5.43.